The minimum atomic E-state index is -4.57. The van der Waals surface area contributed by atoms with E-state index in [1.807, 2.05) is 34.7 Å². The molecule has 1 aliphatic rings. The lowest BCUT2D eigenvalue weighted by Crippen LogP contribution is -2.28. The summed E-state index contributed by atoms with van der Waals surface area (Å²) in [5, 5.41) is 0. The van der Waals surface area contributed by atoms with Crippen LogP contribution in [-0.4, -0.2) is 34.1 Å². The van der Waals surface area contributed by atoms with Gasteiger partial charge in [0.05, 0.1) is 29.0 Å². The summed E-state index contributed by atoms with van der Waals surface area (Å²) in [5.74, 6) is -0.876. The van der Waals surface area contributed by atoms with Crippen molar-refractivity contribution in [3.8, 4) is 0 Å². The Morgan fingerprint density at radius 1 is 1.17 bits per heavy atom. The summed E-state index contributed by atoms with van der Waals surface area (Å²) in [5.41, 5.74) is 2.21. The Kier molecular flexibility index (Phi) is 5.31. The van der Waals surface area contributed by atoms with Gasteiger partial charge in [-0.25, -0.2) is 9.37 Å². The number of alkyl halides is 3. The molecule has 1 atom stereocenters. The molecule has 0 radical (unpaired) electrons. The maximum absolute atomic E-state index is 13.7. The summed E-state index contributed by atoms with van der Waals surface area (Å²) in [6.45, 7) is 1.97. The number of aryl methyl sites for hydroxylation is 1. The van der Waals surface area contributed by atoms with Gasteiger partial charge < -0.3 is 9.30 Å². The minimum absolute atomic E-state index is 0.215. The molecule has 0 saturated carbocycles. The Hall–Kier alpha value is -2.45. The molecule has 0 bridgehead atoms. The average Bonchev–Trinajstić information content (AvgIpc) is 2.87. The van der Waals surface area contributed by atoms with E-state index in [0.717, 1.165) is 35.2 Å². The molecule has 0 aliphatic carbocycles. The molecule has 154 valence electrons. The van der Waals surface area contributed by atoms with E-state index in [2.05, 4.69) is 4.98 Å². The number of fused-ring (bicyclic) bond motifs is 1. The second-order valence-electron chi connectivity index (χ2n) is 7.40. The zero-order chi connectivity index (χ0) is 20.6. The molecule has 8 heteroatoms. The topological polar surface area (TPSA) is 30.3 Å². The van der Waals surface area contributed by atoms with Crippen LogP contribution in [0.5, 0.6) is 0 Å². The van der Waals surface area contributed by atoms with Gasteiger partial charge in [0, 0.05) is 33.3 Å². The van der Waals surface area contributed by atoms with Crippen LogP contribution in [0.3, 0.4) is 0 Å². The maximum Gasteiger partial charge on any atom is 0.416 e. The number of hydrogen-bond donors (Lipinski definition) is 0. The zero-order valence-electron chi connectivity index (χ0n) is 15.9. The van der Waals surface area contributed by atoms with Crippen LogP contribution in [0.4, 0.5) is 17.6 Å². The molecule has 1 saturated heterocycles. The van der Waals surface area contributed by atoms with Gasteiger partial charge in [-0.3, -0.25) is 4.90 Å². The van der Waals surface area contributed by atoms with Crippen molar-refractivity contribution in [1.82, 2.24) is 14.5 Å². The van der Waals surface area contributed by atoms with Gasteiger partial charge in [-0.1, -0.05) is 6.07 Å². The van der Waals surface area contributed by atoms with E-state index in [-0.39, 0.29) is 12.6 Å². The summed E-state index contributed by atoms with van der Waals surface area (Å²) in [6, 6.07) is 8.64. The van der Waals surface area contributed by atoms with E-state index < -0.39 is 17.6 Å². The fourth-order valence-electron chi connectivity index (χ4n) is 3.74. The Morgan fingerprint density at radius 3 is 2.79 bits per heavy atom. The third kappa shape index (κ3) is 4.43. The van der Waals surface area contributed by atoms with Crippen LogP contribution in [0.25, 0.3) is 11.0 Å². The van der Waals surface area contributed by atoms with Crippen LogP contribution in [0.15, 0.2) is 42.7 Å². The fraction of sp³-hybridized carbons (Fsp3) is 0.381. The number of rotatable bonds is 3. The molecule has 2 heterocycles. The van der Waals surface area contributed by atoms with Gasteiger partial charge in [-0.05, 0) is 47.9 Å². The van der Waals surface area contributed by atoms with Gasteiger partial charge in [0.15, 0.2) is 0 Å². The first-order valence-corrected chi connectivity index (χ1v) is 9.41. The normalized spacial score (nSPS) is 18.9. The van der Waals surface area contributed by atoms with Crippen molar-refractivity contribution in [3.63, 3.8) is 0 Å². The third-order valence-corrected chi connectivity index (χ3v) is 5.17. The van der Waals surface area contributed by atoms with E-state index in [1.165, 1.54) is 0 Å². The van der Waals surface area contributed by atoms with Crippen molar-refractivity contribution in [2.45, 2.75) is 25.2 Å². The standard InChI is InChI=1S/C21H21F4N3O/c1-27-13-26-18-4-3-15(9-19(18)27)20-12-28(5-2-6-29-20)11-14-7-16(21(23,24)25)10-17(22)8-14/h3-4,7-10,13,20H,2,5-6,11-12H2,1H3/t20-/m1/s1. The summed E-state index contributed by atoms with van der Waals surface area (Å²) in [7, 11) is 1.92. The predicted molar refractivity (Wildman–Crippen MR) is 101 cm³/mol. The molecule has 0 amide bonds. The smallest absolute Gasteiger partial charge is 0.372 e. The van der Waals surface area contributed by atoms with E-state index >= 15 is 0 Å². The van der Waals surface area contributed by atoms with E-state index in [4.69, 9.17) is 4.74 Å². The maximum atomic E-state index is 13.7. The highest BCUT2D eigenvalue weighted by Crippen LogP contribution is 2.31. The first kappa shape index (κ1) is 19.8. The first-order chi connectivity index (χ1) is 13.8. The SMILES string of the molecule is Cn1cnc2ccc([C@H]3CN(Cc4cc(F)cc(C(F)(F)F)c4)CCCO3)cc21. The fourth-order valence-corrected chi connectivity index (χ4v) is 3.74. The zero-order valence-corrected chi connectivity index (χ0v) is 15.9. The second kappa shape index (κ2) is 7.76. The largest absolute Gasteiger partial charge is 0.416 e. The molecule has 29 heavy (non-hydrogen) atoms. The summed E-state index contributed by atoms with van der Waals surface area (Å²) in [6.07, 6.45) is -2.28. The monoisotopic (exact) mass is 407 g/mol. The second-order valence-corrected chi connectivity index (χ2v) is 7.40. The molecule has 4 rings (SSSR count). The van der Waals surface area contributed by atoms with Gasteiger partial charge in [-0.15, -0.1) is 0 Å². The van der Waals surface area contributed by atoms with Crippen LogP contribution in [0.1, 0.15) is 29.2 Å². The minimum Gasteiger partial charge on any atom is -0.372 e. The molecule has 0 N–H and O–H groups in total. The van der Waals surface area contributed by atoms with Gasteiger partial charge in [0.25, 0.3) is 0 Å². The van der Waals surface area contributed by atoms with E-state index in [1.54, 1.807) is 6.33 Å². The molecule has 0 spiro atoms. The Balaban J connectivity index is 1.55. The van der Waals surface area contributed by atoms with Gasteiger partial charge in [0.2, 0.25) is 0 Å². The molecular weight excluding hydrogens is 386 g/mol. The van der Waals surface area contributed by atoms with Crippen molar-refractivity contribution in [2.75, 3.05) is 19.7 Å². The summed E-state index contributed by atoms with van der Waals surface area (Å²) < 4.78 is 60.7. The summed E-state index contributed by atoms with van der Waals surface area (Å²) >= 11 is 0. The molecule has 1 aliphatic heterocycles. The lowest BCUT2D eigenvalue weighted by molar-refractivity contribution is -0.137. The molecular formula is C21H21F4N3O. The summed E-state index contributed by atoms with van der Waals surface area (Å²) in [4.78, 5) is 6.33. The van der Waals surface area contributed by atoms with Crippen LogP contribution in [-0.2, 0) is 24.5 Å². The predicted octanol–water partition coefficient (Wildman–Crippen LogP) is 4.69. The van der Waals surface area contributed by atoms with Gasteiger partial charge >= 0.3 is 6.18 Å². The molecule has 4 nitrogen and oxygen atoms in total. The van der Waals surface area contributed by atoms with Crippen LogP contribution < -0.4 is 0 Å². The highest BCUT2D eigenvalue weighted by atomic mass is 19.4. The Morgan fingerprint density at radius 2 is 2.00 bits per heavy atom. The molecule has 0 unspecified atom stereocenters. The van der Waals surface area contributed by atoms with E-state index in [0.29, 0.717) is 31.3 Å². The lowest BCUT2D eigenvalue weighted by Gasteiger charge is -2.24. The van der Waals surface area contributed by atoms with E-state index in [9.17, 15) is 17.6 Å². The number of hydrogen-bond acceptors (Lipinski definition) is 3. The van der Waals surface area contributed by atoms with Crippen molar-refractivity contribution in [3.05, 3.63) is 65.2 Å². The molecule has 1 aromatic heterocycles. The number of ether oxygens (including phenoxy) is 1. The van der Waals surface area contributed by atoms with Gasteiger partial charge in [0.1, 0.15) is 5.82 Å². The third-order valence-electron chi connectivity index (χ3n) is 5.17. The highest BCUT2D eigenvalue weighted by Gasteiger charge is 2.31. The van der Waals surface area contributed by atoms with Gasteiger partial charge in [-0.2, -0.15) is 13.2 Å². The van der Waals surface area contributed by atoms with Crippen molar-refractivity contribution < 1.29 is 22.3 Å². The Labute approximate surface area is 165 Å². The lowest BCUT2D eigenvalue weighted by atomic mass is 10.1. The highest BCUT2D eigenvalue weighted by molar-refractivity contribution is 5.76. The van der Waals surface area contributed by atoms with Crippen molar-refractivity contribution in [2.24, 2.45) is 7.05 Å². The van der Waals surface area contributed by atoms with Crippen molar-refractivity contribution >= 4 is 11.0 Å². The van der Waals surface area contributed by atoms with Crippen LogP contribution in [0.2, 0.25) is 0 Å². The Bertz CT molecular complexity index is 1010. The van der Waals surface area contributed by atoms with Crippen LogP contribution in [0, 0.1) is 5.82 Å². The number of nitrogens with zero attached hydrogens (tertiary/aromatic N) is 3. The van der Waals surface area contributed by atoms with Crippen molar-refractivity contribution in [1.29, 1.82) is 0 Å². The number of benzene rings is 2. The first-order valence-electron chi connectivity index (χ1n) is 9.41. The number of imidazole rings is 1. The molecule has 1 fully saturated rings. The number of aromatic nitrogens is 2. The average molecular weight is 407 g/mol. The number of halogens is 4. The molecule has 2 aromatic carbocycles. The van der Waals surface area contributed by atoms with Crippen LogP contribution >= 0.6 is 0 Å². The molecule has 3 aromatic rings. The quantitative estimate of drug-likeness (QED) is 0.590.